The second-order valence-corrected chi connectivity index (χ2v) is 8.85. The number of aromatic hydroxyl groups is 1. The van der Waals surface area contributed by atoms with Crippen molar-refractivity contribution < 1.29 is 28.5 Å². The molecule has 0 radical (unpaired) electrons. The van der Waals surface area contributed by atoms with E-state index in [9.17, 15) is 19.1 Å². The Morgan fingerprint density at radius 3 is 2.69 bits per heavy atom. The van der Waals surface area contributed by atoms with Gasteiger partial charge in [-0.1, -0.05) is 12.1 Å². The smallest absolute Gasteiger partial charge is 0.347 e. The summed E-state index contributed by atoms with van der Waals surface area (Å²) < 4.78 is 31.5. The molecule has 10 heteroatoms. The van der Waals surface area contributed by atoms with Crippen molar-refractivity contribution in [3.63, 3.8) is 0 Å². The van der Waals surface area contributed by atoms with E-state index in [1.54, 1.807) is 19.1 Å². The molecule has 0 saturated heterocycles. The first kappa shape index (κ1) is 22.6. The molecule has 0 saturated carbocycles. The van der Waals surface area contributed by atoms with Gasteiger partial charge in [0.2, 0.25) is 5.76 Å². The summed E-state index contributed by atoms with van der Waals surface area (Å²) in [6, 6.07) is 5.95. The molecule has 9 nitrogen and oxygen atoms in total. The van der Waals surface area contributed by atoms with Crippen LogP contribution in [0, 0.1) is 5.82 Å². The van der Waals surface area contributed by atoms with Crippen LogP contribution in [0.4, 0.5) is 4.39 Å². The lowest BCUT2D eigenvalue weighted by Crippen LogP contribution is -2.29. The Labute approximate surface area is 199 Å². The highest BCUT2D eigenvalue weighted by Crippen LogP contribution is 2.39. The van der Waals surface area contributed by atoms with Crippen molar-refractivity contribution in [1.82, 2.24) is 9.55 Å². The molecule has 0 spiro atoms. The Kier molecular flexibility index (Phi) is 5.31. The molecule has 2 aliphatic rings. The monoisotopic (exact) mass is 479 g/mol. The van der Waals surface area contributed by atoms with Gasteiger partial charge in [-0.15, -0.1) is 0 Å². The minimum Gasteiger partial charge on any atom is -0.505 e. The minimum absolute atomic E-state index is 0.00424. The minimum atomic E-state index is -0.962. The average Bonchev–Trinajstić information content (AvgIpc) is 3.19. The highest BCUT2D eigenvalue weighted by atomic mass is 19.1. The van der Waals surface area contributed by atoms with Crippen LogP contribution < -0.4 is 10.3 Å². The van der Waals surface area contributed by atoms with Gasteiger partial charge in [0.25, 0.3) is 11.5 Å². The molecule has 0 atom stereocenters. The molecular formula is C25H22FN3O6. The largest absolute Gasteiger partial charge is 0.505 e. The third kappa shape index (κ3) is 3.90. The number of carbonyl (C=O) groups is 1. The second kappa shape index (κ2) is 8.23. The molecule has 2 aliphatic heterocycles. The Morgan fingerprint density at radius 2 is 2.03 bits per heavy atom. The second-order valence-electron chi connectivity index (χ2n) is 8.85. The summed E-state index contributed by atoms with van der Waals surface area (Å²) in [5, 5.41) is 10.8. The SMILES string of the molecule is CCOC(=O)c1c(O)c2ncc(Cc3ccc(F)cc3)c3c2n(c1=O)C=C(C1=NC(C)(C)CO1)O3. The lowest BCUT2D eigenvalue weighted by Gasteiger charge is -2.22. The number of esters is 1. The van der Waals surface area contributed by atoms with E-state index >= 15 is 0 Å². The molecule has 0 aliphatic carbocycles. The number of hydrogen-bond acceptors (Lipinski definition) is 8. The van der Waals surface area contributed by atoms with E-state index < -0.39 is 28.4 Å². The van der Waals surface area contributed by atoms with Crippen LogP contribution >= 0.6 is 0 Å². The van der Waals surface area contributed by atoms with Crippen LogP contribution in [0.5, 0.6) is 11.5 Å². The summed E-state index contributed by atoms with van der Waals surface area (Å²) in [4.78, 5) is 34.7. The van der Waals surface area contributed by atoms with Crippen molar-refractivity contribution in [3.8, 4) is 11.5 Å². The average molecular weight is 479 g/mol. The fraction of sp³-hybridized carbons (Fsp3) is 0.280. The molecule has 180 valence electrons. The number of pyridine rings is 2. The molecule has 3 aromatic rings. The van der Waals surface area contributed by atoms with Gasteiger partial charge in [-0.05, 0) is 38.5 Å². The number of aromatic nitrogens is 2. The standard InChI is InChI=1S/C25H22FN3O6/c1-4-33-24(32)17-20(30)18-19-21(14(10-27-18)9-13-5-7-15(26)8-6-13)35-16(11-29(19)23(17)31)22-28-25(2,3)12-34-22/h5-8,10-11,30H,4,9,12H2,1-3H3. The first-order chi connectivity index (χ1) is 16.7. The van der Waals surface area contributed by atoms with Crippen molar-refractivity contribution >= 4 is 29.1 Å². The third-order valence-electron chi connectivity index (χ3n) is 5.64. The van der Waals surface area contributed by atoms with Gasteiger partial charge in [-0.2, -0.15) is 0 Å². The molecule has 0 fully saturated rings. The molecule has 4 heterocycles. The summed E-state index contributed by atoms with van der Waals surface area (Å²) >= 11 is 0. The first-order valence-electron chi connectivity index (χ1n) is 11.0. The molecule has 0 amide bonds. The van der Waals surface area contributed by atoms with Crippen molar-refractivity contribution in [2.75, 3.05) is 13.2 Å². The van der Waals surface area contributed by atoms with Gasteiger partial charge in [0.15, 0.2) is 17.1 Å². The molecule has 1 aromatic carbocycles. The van der Waals surface area contributed by atoms with Gasteiger partial charge >= 0.3 is 5.97 Å². The van der Waals surface area contributed by atoms with Gasteiger partial charge in [-0.25, -0.2) is 14.2 Å². The fourth-order valence-electron chi connectivity index (χ4n) is 4.00. The van der Waals surface area contributed by atoms with Crippen LogP contribution in [0.25, 0.3) is 17.2 Å². The molecule has 35 heavy (non-hydrogen) atoms. The summed E-state index contributed by atoms with van der Waals surface area (Å²) in [5.74, 6) is -1.30. The maximum atomic E-state index is 13.4. The zero-order valence-corrected chi connectivity index (χ0v) is 19.3. The maximum absolute atomic E-state index is 13.4. The predicted octanol–water partition coefficient (Wildman–Crippen LogP) is 3.41. The number of carbonyl (C=O) groups excluding carboxylic acids is 1. The normalized spacial score (nSPS) is 15.8. The topological polar surface area (TPSA) is 112 Å². The third-order valence-corrected chi connectivity index (χ3v) is 5.64. The Bertz CT molecular complexity index is 1490. The summed E-state index contributed by atoms with van der Waals surface area (Å²) in [6.45, 7) is 5.73. The Hall–Kier alpha value is -4.21. The van der Waals surface area contributed by atoms with E-state index in [-0.39, 0.29) is 40.9 Å². The van der Waals surface area contributed by atoms with E-state index in [4.69, 9.17) is 14.2 Å². The predicted molar refractivity (Wildman–Crippen MR) is 125 cm³/mol. The van der Waals surface area contributed by atoms with Gasteiger partial charge < -0.3 is 19.3 Å². The molecule has 1 N–H and O–H groups in total. The molecule has 0 bridgehead atoms. The number of nitrogens with zero attached hydrogens (tertiary/aromatic N) is 3. The number of benzene rings is 1. The van der Waals surface area contributed by atoms with Crippen molar-refractivity contribution in [1.29, 1.82) is 0 Å². The highest BCUT2D eigenvalue weighted by Gasteiger charge is 2.34. The molecule has 2 aromatic heterocycles. The fourth-order valence-corrected chi connectivity index (χ4v) is 4.00. The lowest BCUT2D eigenvalue weighted by atomic mass is 10.0. The molecule has 0 unspecified atom stereocenters. The highest BCUT2D eigenvalue weighted by molar-refractivity contribution is 6.03. The van der Waals surface area contributed by atoms with Crippen LogP contribution in [-0.4, -0.2) is 45.3 Å². The first-order valence-corrected chi connectivity index (χ1v) is 11.0. The summed E-state index contributed by atoms with van der Waals surface area (Å²) in [7, 11) is 0. The van der Waals surface area contributed by atoms with E-state index in [0.717, 1.165) is 5.56 Å². The Morgan fingerprint density at radius 1 is 1.29 bits per heavy atom. The summed E-state index contributed by atoms with van der Waals surface area (Å²) in [6.07, 6.45) is 3.15. The Balaban J connectivity index is 1.75. The zero-order chi connectivity index (χ0) is 24.9. The number of ether oxygens (including phenoxy) is 3. The van der Waals surface area contributed by atoms with Gasteiger partial charge in [0, 0.05) is 18.2 Å². The van der Waals surface area contributed by atoms with E-state index in [1.807, 2.05) is 13.8 Å². The number of hydrogen-bond donors (Lipinski definition) is 1. The van der Waals surface area contributed by atoms with Crippen LogP contribution in [0.15, 0.2) is 46.0 Å². The van der Waals surface area contributed by atoms with Crippen molar-refractivity contribution in [3.05, 3.63) is 69.1 Å². The molecule has 5 rings (SSSR count). The van der Waals surface area contributed by atoms with Crippen LogP contribution in [0.3, 0.4) is 0 Å². The van der Waals surface area contributed by atoms with Crippen LogP contribution in [-0.2, 0) is 15.9 Å². The van der Waals surface area contributed by atoms with Crippen LogP contribution in [0.2, 0.25) is 0 Å². The maximum Gasteiger partial charge on any atom is 0.347 e. The number of rotatable bonds is 5. The van der Waals surface area contributed by atoms with Gasteiger partial charge in [0.05, 0.1) is 18.3 Å². The van der Waals surface area contributed by atoms with Crippen LogP contribution in [0.1, 0.15) is 42.3 Å². The number of halogens is 1. The number of aliphatic imine (C=N–C) groups is 1. The van der Waals surface area contributed by atoms with Crippen molar-refractivity contribution in [2.45, 2.75) is 32.7 Å². The molecular weight excluding hydrogens is 457 g/mol. The lowest BCUT2D eigenvalue weighted by molar-refractivity contribution is 0.0521. The quantitative estimate of drug-likeness (QED) is 0.558. The van der Waals surface area contributed by atoms with Crippen molar-refractivity contribution in [2.24, 2.45) is 4.99 Å². The van der Waals surface area contributed by atoms with Gasteiger partial charge in [0.1, 0.15) is 23.5 Å². The summed E-state index contributed by atoms with van der Waals surface area (Å²) in [5.41, 5.74) is -0.285. The zero-order valence-electron chi connectivity index (χ0n) is 19.3. The van der Waals surface area contributed by atoms with E-state index in [1.165, 1.54) is 29.1 Å². The van der Waals surface area contributed by atoms with E-state index in [0.29, 0.717) is 18.6 Å². The van der Waals surface area contributed by atoms with Gasteiger partial charge in [-0.3, -0.25) is 14.3 Å². The van der Waals surface area contributed by atoms with E-state index in [2.05, 4.69) is 9.98 Å².